The van der Waals surface area contributed by atoms with Crippen LogP contribution in [0.4, 0.5) is 4.79 Å². The maximum Gasteiger partial charge on any atom is 0.410 e. The second-order valence-corrected chi connectivity index (χ2v) is 10.9. The summed E-state index contributed by atoms with van der Waals surface area (Å²) in [6.07, 6.45) is 7.94. The largest absolute Gasteiger partial charge is 0.443 e. The standard InChI is InChI=1S/C25H40N2O5/c1-17(2)7-8-20-24(3,32-20)22-21(29-4)19(9-11-25(22)16-30-25)31-23(28)27-14-10-18(27)15-26-12-5-6-13-26/h7,18-22H,5-6,8-16H2,1-4H3/t18-,19+,20+,21+,22+,24-,25-/m0/s1. The van der Waals surface area contributed by atoms with Gasteiger partial charge in [0.2, 0.25) is 0 Å². The van der Waals surface area contributed by atoms with Crippen LogP contribution >= 0.6 is 0 Å². The van der Waals surface area contributed by atoms with Crippen LogP contribution in [0.15, 0.2) is 11.6 Å². The molecule has 7 nitrogen and oxygen atoms in total. The van der Waals surface area contributed by atoms with Crippen molar-refractivity contribution in [3.05, 3.63) is 11.6 Å². The number of allylic oxidation sites excluding steroid dienone is 1. The molecule has 7 heteroatoms. The zero-order chi connectivity index (χ0) is 22.5. The lowest BCUT2D eigenvalue weighted by Gasteiger charge is -2.45. The number of carbonyl (C=O) groups is 1. The normalized spacial score (nSPS) is 43.1. The summed E-state index contributed by atoms with van der Waals surface area (Å²) in [5.74, 6) is 0.0684. The van der Waals surface area contributed by atoms with Crippen LogP contribution in [0.5, 0.6) is 0 Å². The average molecular weight is 449 g/mol. The molecule has 4 aliphatic heterocycles. The Morgan fingerprint density at radius 2 is 1.94 bits per heavy atom. The molecule has 32 heavy (non-hydrogen) atoms. The lowest BCUT2D eigenvalue weighted by atomic mass is 9.68. The van der Waals surface area contributed by atoms with Crippen molar-refractivity contribution in [2.45, 2.75) is 94.9 Å². The Balaban J connectivity index is 1.24. The van der Waals surface area contributed by atoms with Crippen molar-refractivity contribution in [2.75, 3.05) is 39.9 Å². The van der Waals surface area contributed by atoms with Crippen LogP contribution in [0.25, 0.3) is 0 Å². The Bertz CT molecular complexity index is 743. The first-order chi connectivity index (χ1) is 15.4. The first-order valence-corrected chi connectivity index (χ1v) is 12.5. The van der Waals surface area contributed by atoms with Crippen LogP contribution in [0.1, 0.15) is 59.3 Å². The Morgan fingerprint density at radius 1 is 1.19 bits per heavy atom. The lowest BCUT2D eigenvalue weighted by molar-refractivity contribution is -0.125. The van der Waals surface area contributed by atoms with Crippen LogP contribution in [0.2, 0.25) is 0 Å². The average Bonchev–Trinajstić information content (AvgIpc) is 3.57. The SMILES string of the molecule is CO[C@@H]1[C@H](OC(=O)N2CC[C@H]2CN2CCCC2)CC[C@]2(CO2)[C@H]1[C@@]1(C)O[C@@H]1CC=C(C)C. The Hall–Kier alpha value is -1.15. The molecule has 0 bridgehead atoms. The van der Waals surface area contributed by atoms with Gasteiger partial charge in [-0.3, -0.25) is 0 Å². The number of ether oxygens (including phenoxy) is 4. The fourth-order valence-corrected chi connectivity index (χ4v) is 6.40. The van der Waals surface area contributed by atoms with Crippen LogP contribution in [-0.4, -0.2) is 91.3 Å². The summed E-state index contributed by atoms with van der Waals surface area (Å²) in [5.41, 5.74) is 0.813. The second-order valence-electron chi connectivity index (χ2n) is 10.9. The summed E-state index contributed by atoms with van der Waals surface area (Å²) in [6, 6.07) is 0.289. The van der Waals surface area contributed by atoms with Crippen LogP contribution < -0.4 is 0 Å². The van der Waals surface area contributed by atoms with E-state index < -0.39 is 0 Å². The van der Waals surface area contributed by atoms with Crippen LogP contribution in [-0.2, 0) is 18.9 Å². The molecule has 0 N–H and O–H groups in total. The van der Waals surface area contributed by atoms with E-state index in [1.54, 1.807) is 7.11 Å². The summed E-state index contributed by atoms with van der Waals surface area (Å²) >= 11 is 0. The number of methoxy groups -OCH3 is 1. The van der Waals surface area contributed by atoms with E-state index >= 15 is 0 Å². The monoisotopic (exact) mass is 448 g/mol. The molecule has 5 fully saturated rings. The minimum absolute atomic E-state index is 0.0684. The van der Waals surface area contributed by atoms with Crippen molar-refractivity contribution >= 4 is 6.09 Å². The van der Waals surface area contributed by atoms with Crippen molar-refractivity contribution in [3.8, 4) is 0 Å². The highest BCUT2D eigenvalue weighted by Crippen LogP contribution is 2.59. The molecule has 7 atom stereocenters. The van der Waals surface area contributed by atoms with Gasteiger partial charge in [0.05, 0.1) is 18.6 Å². The summed E-state index contributed by atoms with van der Waals surface area (Å²) in [4.78, 5) is 17.5. The predicted octanol–water partition coefficient (Wildman–Crippen LogP) is 3.37. The highest BCUT2D eigenvalue weighted by atomic mass is 16.6. The van der Waals surface area contributed by atoms with E-state index in [0.717, 1.165) is 58.5 Å². The van der Waals surface area contributed by atoms with Crippen molar-refractivity contribution in [2.24, 2.45) is 5.92 Å². The second kappa shape index (κ2) is 8.57. The Morgan fingerprint density at radius 3 is 2.53 bits per heavy atom. The predicted molar refractivity (Wildman–Crippen MR) is 121 cm³/mol. The summed E-state index contributed by atoms with van der Waals surface area (Å²) in [6.45, 7) is 11.2. The zero-order valence-corrected chi connectivity index (χ0v) is 20.2. The Kier molecular flexibility index (Phi) is 6.06. The van der Waals surface area contributed by atoms with Gasteiger partial charge in [-0.05, 0) is 72.4 Å². The maximum atomic E-state index is 13.1. The highest BCUT2D eigenvalue weighted by molar-refractivity contribution is 5.69. The van der Waals surface area contributed by atoms with Crippen LogP contribution in [0, 0.1) is 5.92 Å². The third-order valence-corrected chi connectivity index (χ3v) is 8.54. The van der Waals surface area contributed by atoms with Crippen molar-refractivity contribution in [3.63, 3.8) is 0 Å². The third kappa shape index (κ3) is 4.10. The van der Waals surface area contributed by atoms with E-state index in [1.165, 1.54) is 18.4 Å². The van der Waals surface area contributed by atoms with Gasteiger partial charge >= 0.3 is 6.09 Å². The van der Waals surface area contributed by atoms with E-state index in [2.05, 4.69) is 31.7 Å². The number of carbonyl (C=O) groups excluding carboxylic acids is 1. The quantitative estimate of drug-likeness (QED) is 0.439. The van der Waals surface area contributed by atoms with Gasteiger partial charge in [-0.15, -0.1) is 0 Å². The molecule has 0 aromatic heterocycles. The van der Waals surface area contributed by atoms with E-state index in [9.17, 15) is 4.79 Å². The van der Waals surface area contributed by atoms with E-state index in [0.29, 0.717) is 0 Å². The van der Waals surface area contributed by atoms with Gasteiger partial charge in [-0.2, -0.15) is 0 Å². The van der Waals surface area contributed by atoms with Crippen molar-refractivity contribution in [1.29, 1.82) is 0 Å². The first kappa shape index (κ1) is 22.6. The zero-order valence-electron chi connectivity index (χ0n) is 20.2. The molecule has 1 aliphatic carbocycles. The number of nitrogens with zero attached hydrogens (tertiary/aromatic N) is 2. The number of rotatable bonds is 7. The van der Waals surface area contributed by atoms with Gasteiger partial charge in [0.1, 0.15) is 23.4 Å². The number of hydrogen-bond acceptors (Lipinski definition) is 6. The Labute approximate surface area is 192 Å². The topological polar surface area (TPSA) is 67.1 Å². The highest BCUT2D eigenvalue weighted by Gasteiger charge is 2.72. The van der Waals surface area contributed by atoms with Gasteiger partial charge < -0.3 is 28.7 Å². The molecule has 0 aromatic carbocycles. The molecule has 0 aromatic rings. The molecular weight excluding hydrogens is 408 g/mol. The summed E-state index contributed by atoms with van der Waals surface area (Å²) < 4.78 is 24.4. The minimum atomic E-state index is -0.302. The van der Waals surface area contributed by atoms with Crippen molar-refractivity contribution < 1.29 is 23.7 Å². The van der Waals surface area contributed by atoms with Gasteiger partial charge in [0, 0.05) is 26.2 Å². The van der Waals surface area contributed by atoms with Gasteiger partial charge in [0.15, 0.2) is 0 Å². The molecule has 180 valence electrons. The lowest BCUT2D eigenvalue weighted by Crippen LogP contribution is -2.59. The molecule has 1 spiro atoms. The maximum absolute atomic E-state index is 13.1. The number of epoxide rings is 2. The van der Waals surface area contributed by atoms with Gasteiger partial charge in [-0.1, -0.05) is 11.6 Å². The van der Waals surface area contributed by atoms with E-state index in [-0.39, 0.29) is 47.6 Å². The van der Waals surface area contributed by atoms with Crippen LogP contribution in [0.3, 0.4) is 0 Å². The fourth-order valence-electron chi connectivity index (χ4n) is 6.40. The molecule has 0 unspecified atom stereocenters. The molecule has 4 heterocycles. The third-order valence-electron chi connectivity index (χ3n) is 8.54. The number of likely N-dealkylation sites (tertiary alicyclic amines) is 2. The van der Waals surface area contributed by atoms with Gasteiger partial charge in [-0.25, -0.2) is 4.79 Å². The van der Waals surface area contributed by atoms with Crippen molar-refractivity contribution in [1.82, 2.24) is 9.80 Å². The first-order valence-electron chi connectivity index (χ1n) is 12.5. The molecule has 1 amide bonds. The van der Waals surface area contributed by atoms with E-state index in [1.807, 2.05) is 4.90 Å². The summed E-state index contributed by atoms with van der Waals surface area (Å²) in [5, 5.41) is 0. The number of hydrogen-bond donors (Lipinski definition) is 0. The molecule has 1 saturated carbocycles. The summed E-state index contributed by atoms with van der Waals surface area (Å²) in [7, 11) is 1.73. The minimum Gasteiger partial charge on any atom is -0.443 e. The molecule has 5 aliphatic rings. The van der Waals surface area contributed by atoms with E-state index in [4.69, 9.17) is 18.9 Å². The molecule has 0 radical (unpaired) electrons. The van der Waals surface area contributed by atoms with Gasteiger partial charge in [0.25, 0.3) is 0 Å². The molecular formula is C25H40N2O5. The molecule has 5 rings (SSSR count). The number of amides is 1. The fraction of sp³-hybridized carbons (Fsp3) is 0.880. The molecule has 4 saturated heterocycles. The smallest absolute Gasteiger partial charge is 0.410 e.